The van der Waals surface area contributed by atoms with Crippen LogP contribution in [0, 0.1) is 17.5 Å². The molecule has 3 heterocycles. The van der Waals surface area contributed by atoms with Gasteiger partial charge in [0.25, 0.3) is 0 Å². The summed E-state index contributed by atoms with van der Waals surface area (Å²) >= 11 is 0. The molecule has 0 saturated carbocycles. The molecule has 3 aromatic rings. The maximum Gasteiger partial charge on any atom is 0.523 e. The third-order valence-corrected chi connectivity index (χ3v) is 7.52. The van der Waals surface area contributed by atoms with Crippen LogP contribution in [0.25, 0.3) is 11.3 Å². The third kappa shape index (κ3) is 5.59. The smallest absolute Gasteiger partial charge is 0.467 e. The van der Waals surface area contributed by atoms with Crippen LogP contribution < -0.4 is 0 Å². The fourth-order valence-electron chi connectivity index (χ4n) is 4.55. The third-order valence-electron chi connectivity index (χ3n) is 6.47. The molecule has 0 unspecified atom stereocenters. The van der Waals surface area contributed by atoms with E-state index in [4.69, 9.17) is 14.2 Å². The maximum atomic E-state index is 13.9. The zero-order chi connectivity index (χ0) is 30.4. The number of rotatable bonds is 6. The van der Waals surface area contributed by atoms with Crippen LogP contribution in [0.2, 0.25) is 0 Å². The highest BCUT2D eigenvalue weighted by Crippen LogP contribution is 2.42. The van der Waals surface area contributed by atoms with E-state index in [2.05, 4.69) is 19.2 Å². The number of carbonyl (C=O) groups is 1. The molecule has 2 saturated heterocycles. The van der Waals surface area contributed by atoms with Gasteiger partial charge in [-0.15, -0.1) is 5.10 Å². The van der Waals surface area contributed by atoms with Gasteiger partial charge in [-0.25, -0.2) is 22.6 Å². The standard InChI is InChI=1S/C24H19F6N3O8S/c1-37-22(34)21-20(41-42(35,36)24(28,29)30)18(19-16(39-21)10-38-23(40-19)11-5-3-2-4-6-11)33-9-15(31-32-33)12-7-13(25)17(27)14(26)8-12/h2-9,16,18-21,23H,10H2,1H3/t16-,18-,19+,20-,21-,23-/m1/s1. The van der Waals surface area contributed by atoms with E-state index < -0.39 is 75.8 Å². The Morgan fingerprint density at radius 2 is 1.74 bits per heavy atom. The summed E-state index contributed by atoms with van der Waals surface area (Å²) in [5.74, 6) is -6.18. The first kappa shape index (κ1) is 29.9. The molecular weight excluding hydrogens is 604 g/mol. The fourth-order valence-corrected chi connectivity index (χ4v) is 5.17. The molecule has 0 aliphatic carbocycles. The van der Waals surface area contributed by atoms with E-state index in [9.17, 15) is 39.6 Å². The first-order valence-electron chi connectivity index (χ1n) is 11.9. The number of fused-ring (bicyclic) bond motifs is 1. The van der Waals surface area contributed by atoms with Crippen molar-refractivity contribution in [3.05, 3.63) is 71.7 Å². The van der Waals surface area contributed by atoms with Crippen molar-refractivity contribution in [3.63, 3.8) is 0 Å². The van der Waals surface area contributed by atoms with Crippen molar-refractivity contribution in [1.82, 2.24) is 15.0 Å². The van der Waals surface area contributed by atoms with E-state index >= 15 is 0 Å². The molecule has 0 amide bonds. The number of nitrogens with zero attached hydrogens (tertiary/aromatic N) is 3. The first-order chi connectivity index (χ1) is 19.8. The molecule has 2 fully saturated rings. The van der Waals surface area contributed by atoms with Gasteiger partial charge < -0.3 is 18.9 Å². The summed E-state index contributed by atoms with van der Waals surface area (Å²) < 4.78 is 133. The van der Waals surface area contributed by atoms with Gasteiger partial charge in [0, 0.05) is 11.1 Å². The second-order valence-electron chi connectivity index (χ2n) is 9.08. The Kier molecular flexibility index (Phi) is 8.01. The second kappa shape index (κ2) is 11.3. The van der Waals surface area contributed by atoms with Crippen LogP contribution in [0.3, 0.4) is 0 Å². The SMILES string of the molecule is COC(=O)[C@@H]1O[C@@H]2CO[C@@H](c3ccccc3)O[C@@H]2[C@@H](n2cc(-c3cc(F)c(F)c(F)c3)nn2)[C@H]1OS(=O)(=O)C(F)(F)F. The topological polar surface area (TPSA) is 128 Å². The Balaban J connectivity index is 1.62. The number of hydrogen-bond donors (Lipinski definition) is 0. The lowest BCUT2D eigenvalue weighted by Gasteiger charge is -2.48. The molecule has 5 rings (SSSR count). The van der Waals surface area contributed by atoms with Crippen LogP contribution in [0.15, 0.2) is 48.7 Å². The number of ether oxygens (including phenoxy) is 4. The number of aromatic nitrogens is 3. The van der Waals surface area contributed by atoms with Gasteiger partial charge in [0.1, 0.15) is 30.0 Å². The van der Waals surface area contributed by atoms with Crippen molar-refractivity contribution in [2.75, 3.05) is 13.7 Å². The normalized spacial score (nSPS) is 26.5. The van der Waals surface area contributed by atoms with Gasteiger partial charge in [0.05, 0.1) is 19.9 Å². The highest BCUT2D eigenvalue weighted by Gasteiger charge is 2.59. The van der Waals surface area contributed by atoms with E-state index in [-0.39, 0.29) is 17.9 Å². The van der Waals surface area contributed by atoms with E-state index in [0.29, 0.717) is 17.7 Å². The quantitative estimate of drug-likeness (QED) is 0.133. The Labute approximate surface area is 233 Å². The summed E-state index contributed by atoms with van der Waals surface area (Å²) in [5, 5.41) is 7.54. The summed E-state index contributed by atoms with van der Waals surface area (Å²) in [6.07, 6.45) is -7.14. The summed E-state index contributed by atoms with van der Waals surface area (Å²) in [6.45, 7) is -0.289. The number of halogens is 6. The zero-order valence-corrected chi connectivity index (χ0v) is 21.9. The van der Waals surface area contributed by atoms with Crippen molar-refractivity contribution in [2.24, 2.45) is 0 Å². The average Bonchev–Trinajstić information content (AvgIpc) is 3.44. The maximum absolute atomic E-state index is 13.9. The number of carbonyl (C=O) groups excluding carboxylic acids is 1. The van der Waals surface area contributed by atoms with E-state index in [1.54, 1.807) is 30.3 Å². The molecule has 0 N–H and O–H groups in total. The van der Waals surface area contributed by atoms with Crippen LogP contribution in [0.4, 0.5) is 26.3 Å². The van der Waals surface area contributed by atoms with Gasteiger partial charge in [0.2, 0.25) is 0 Å². The lowest BCUT2D eigenvalue weighted by molar-refractivity contribution is -0.312. The lowest BCUT2D eigenvalue weighted by atomic mass is 9.91. The summed E-state index contributed by atoms with van der Waals surface area (Å²) in [4.78, 5) is 12.6. The highest BCUT2D eigenvalue weighted by atomic mass is 32.2. The van der Waals surface area contributed by atoms with Gasteiger partial charge in [-0.2, -0.15) is 21.6 Å². The molecule has 11 nitrogen and oxygen atoms in total. The minimum Gasteiger partial charge on any atom is -0.467 e. The zero-order valence-electron chi connectivity index (χ0n) is 21.1. The first-order valence-corrected chi connectivity index (χ1v) is 13.3. The van der Waals surface area contributed by atoms with Crippen molar-refractivity contribution in [1.29, 1.82) is 0 Å². The summed E-state index contributed by atoms with van der Waals surface area (Å²) in [6, 6.07) is 7.72. The van der Waals surface area contributed by atoms with Crippen molar-refractivity contribution in [2.45, 2.75) is 42.3 Å². The molecule has 0 spiro atoms. The largest absolute Gasteiger partial charge is 0.523 e. The summed E-state index contributed by atoms with van der Waals surface area (Å²) in [5.41, 5.74) is -6.05. The van der Waals surface area contributed by atoms with Gasteiger partial charge in [-0.3, -0.25) is 4.18 Å². The van der Waals surface area contributed by atoms with Gasteiger partial charge in [-0.05, 0) is 12.1 Å². The Morgan fingerprint density at radius 1 is 1.07 bits per heavy atom. The molecule has 2 aliphatic heterocycles. The average molecular weight is 623 g/mol. The molecule has 42 heavy (non-hydrogen) atoms. The van der Waals surface area contributed by atoms with E-state index in [1.165, 1.54) is 0 Å². The second-order valence-corrected chi connectivity index (χ2v) is 10.6. The van der Waals surface area contributed by atoms with Crippen molar-refractivity contribution < 1.29 is 62.7 Å². The van der Waals surface area contributed by atoms with Gasteiger partial charge in [0.15, 0.2) is 29.8 Å². The van der Waals surface area contributed by atoms with Crippen LogP contribution in [0.5, 0.6) is 0 Å². The van der Waals surface area contributed by atoms with Crippen LogP contribution >= 0.6 is 0 Å². The molecule has 0 radical (unpaired) electrons. The molecule has 226 valence electrons. The minimum absolute atomic E-state index is 0.289. The molecule has 2 aromatic carbocycles. The van der Waals surface area contributed by atoms with Crippen molar-refractivity contribution in [3.8, 4) is 11.3 Å². The van der Waals surface area contributed by atoms with Crippen LogP contribution in [-0.4, -0.2) is 73.0 Å². The van der Waals surface area contributed by atoms with Crippen LogP contribution in [0.1, 0.15) is 17.9 Å². The number of alkyl halides is 3. The Bertz CT molecular complexity index is 1550. The number of hydrogen-bond acceptors (Lipinski definition) is 10. The fraction of sp³-hybridized carbons (Fsp3) is 0.375. The van der Waals surface area contributed by atoms with Crippen LogP contribution in [-0.2, 0) is 38.0 Å². The number of benzene rings is 2. The molecule has 2 aliphatic rings. The van der Waals surface area contributed by atoms with Gasteiger partial charge >= 0.3 is 21.6 Å². The highest BCUT2D eigenvalue weighted by molar-refractivity contribution is 7.87. The molecule has 18 heteroatoms. The Hall–Kier alpha value is -3.58. The van der Waals surface area contributed by atoms with Crippen molar-refractivity contribution >= 4 is 16.1 Å². The number of methoxy groups -OCH3 is 1. The summed E-state index contributed by atoms with van der Waals surface area (Å²) in [7, 11) is -5.47. The number of esters is 1. The predicted octanol–water partition coefficient (Wildman–Crippen LogP) is 3.19. The van der Waals surface area contributed by atoms with Gasteiger partial charge in [-0.1, -0.05) is 35.5 Å². The molecule has 0 bridgehead atoms. The Morgan fingerprint density at radius 3 is 2.36 bits per heavy atom. The molecule has 1 aromatic heterocycles. The van der Waals surface area contributed by atoms with E-state index in [0.717, 1.165) is 18.0 Å². The monoisotopic (exact) mass is 623 g/mol. The predicted molar refractivity (Wildman–Crippen MR) is 125 cm³/mol. The molecular formula is C24H19F6N3O8S. The minimum atomic E-state index is -6.35. The lowest BCUT2D eigenvalue weighted by Crippen LogP contribution is -2.62. The molecule has 6 atom stereocenters. The van der Waals surface area contributed by atoms with E-state index in [1.807, 2.05) is 0 Å².